The van der Waals surface area contributed by atoms with Gasteiger partial charge in [-0.15, -0.1) is 34.9 Å². The van der Waals surface area contributed by atoms with Crippen LogP contribution in [0.1, 0.15) is 80.8 Å². The maximum absolute atomic E-state index is 13.3. The fraction of sp³-hybridized carbons (Fsp3) is 0.565. The number of aryl methyl sites for hydroxylation is 2. The lowest BCUT2D eigenvalue weighted by Crippen LogP contribution is -2.21. The van der Waals surface area contributed by atoms with Gasteiger partial charge in [0.05, 0.1) is 16.2 Å². The molecule has 2 aromatic rings. The molecule has 1 aliphatic heterocycles. The number of esters is 1. The minimum atomic E-state index is -0.342. The Morgan fingerprint density at radius 1 is 1.13 bits per heavy atom. The molecular formula is C23H27NO4S3. The summed E-state index contributed by atoms with van der Waals surface area (Å²) in [6, 6.07) is 0. The van der Waals surface area contributed by atoms with E-state index in [1.165, 1.54) is 21.8 Å². The van der Waals surface area contributed by atoms with Crippen LogP contribution in [0, 0.1) is 6.92 Å². The van der Waals surface area contributed by atoms with E-state index in [9.17, 15) is 9.59 Å². The summed E-state index contributed by atoms with van der Waals surface area (Å²) in [6.45, 7) is 4.13. The fourth-order valence-electron chi connectivity index (χ4n) is 5.05. The van der Waals surface area contributed by atoms with E-state index in [4.69, 9.17) is 9.15 Å². The zero-order chi connectivity index (χ0) is 21.6. The number of thiophene rings is 1. The molecule has 3 aliphatic rings. The van der Waals surface area contributed by atoms with Crippen molar-refractivity contribution in [2.24, 2.45) is 0 Å². The van der Waals surface area contributed by atoms with Crippen molar-refractivity contribution in [3.05, 3.63) is 38.7 Å². The summed E-state index contributed by atoms with van der Waals surface area (Å²) in [6.07, 6.45) is 7.09. The number of carbonyl (C=O) groups excluding carboxylic acids is 2. The predicted octanol–water partition coefficient (Wildman–Crippen LogP) is 5.93. The number of furan rings is 1. The number of ether oxygens (including phenoxy) is 1. The van der Waals surface area contributed by atoms with E-state index < -0.39 is 0 Å². The van der Waals surface area contributed by atoms with E-state index >= 15 is 0 Å². The first kappa shape index (κ1) is 21.5. The molecule has 0 aromatic carbocycles. The van der Waals surface area contributed by atoms with E-state index in [0.717, 1.165) is 73.3 Å². The maximum atomic E-state index is 13.3. The minimum absolute atomic E-state index is 0.0395. The molecule has 1 saturated heterocycles. The number of hydrogen-bond donors (Lipinski definition) is 1. The van der Waals surface area contributed by atoms with Crippen molar-refractivity contribution in [2.45, 2.75) is 62.9 Å². The lowest BCUT2D eigenvalue weighted by molar-refractivity contribution is 0.0526. The number of carbonyl (C=O) groups is 2. The SMILES string of the molecule is CCOC(=O)c1c(NC(=O)c2oc3c(c2C)C2(CCC3)SCCS2)sc2c1CCCC2. The first-order chi connectivity index (χ1) is 15.0. The molecule has 0 radical (unpaired) electrons. The highest BCUT2D eigenvalue weighted by Gasteiger charge is 2.45. The van der Waals surface area contributed by atoms with Crippen molar-refractivity contribution in [3.8, 4) is 0 Å². The van der Waals surface area contributed by atoms with Gasteiger partial charge in [0.15, 0.2) is 5.76 Å². The highest BCUT2D eigenvalue weighted by Crippen LogP contribution is 2.59. The molecule has 5 rings (SSSR count). The second-order valence-electron chi connectivity index (χ2n) is 8.25. The maximum Gasteiger partial charge on any atom is 0.341 e. The van der Waals surface area contributed by atoms with Crippen LogP contribution in [0.3, 0.4) is 0 Å². The number of rotatable bonds is 4. The quantitative estimate of drug-likeness (QED) is 0.551. The van der Waals surface area contributed by atoms with Crippen LogP contribution in [-0.4, -0.2) is 30.0 Å². The number of anilines is 1. The van der Waals surface area contributed by atoms with Gasteiger partial charge in [0.25, 0.3) is 5.91 Å². The predicted molar refractivity (Wildman–Crippen MR) is 128 cm³/mol. The molecule has 0 bridgehead atoms. The lowest BCUT2D eigenvalue weighted by atomic mass is 9.94. The van der Waals surface area contributed by atoms with Crippen molar-refractivity contribution in [2.75, 3.05) is 23.4 Å². The molecule has 5 nitrogen and oxygen atoms in total. The summed E-state index contributed by atoms with van der Waals surface area (Å²) in [4.78, 5) is 27.2. The van der Waals surface area contributed by atoms with Gasteiger partial charge in [-0.1, -0.05) is 0 Å². The standard InChI is InChI=1S/C23H27NO4S3/c1-3-27-22(26)17-14-7-4-5-9-16(14)31-21(17)24-20(25)19-13(2)18-15(28-19)8-6-10-23(18)29-11-12-30-23/h3-12H2,1-2H3,(H,24,25). The second kappa shape index (κ2) is 8.52. The van der Waals surface area contributed by atoms with E-state index in [1.54, 1.807) is 6.92 Å². The third-order valence-corrected chi connectivity index (χ3v) is 11.1. The molecule has 1 fully saturated rings. The Bertz CT molecular complexity index is 1030. The minimum Gasteiger partial charge on any atom is -0.462 e. The Balaban J connectivity index is 1.49. The average molecular weight is 478 g/mol. The lowest BCUT2D eigenvalue weighted by Gasteiger charge is -2.31. The fourth-order valence-corrected chi connectivity index (χ4v) is 9.88. The smallest absolute Gasteiger partial charge is 0.341 e. The second-order valence-corrected chi connectivity index (χ2v) is 12.4. The Hall–Kier alpha value is -1.38. The van der Waals surface area contributed by atoms with Gasteiger partial charge in [0.2, 0.25) is 0 Å². The molecule has 3 heterocycles. The first-order valence-corrected chi connectivity index (χ1v) is 13.9. The normalized spacial score (nSPS) is 19.2. The van der Waals surface area contributed by atoms with E-state index in [2.05, 4.69) is 5.32 Å². The van der Waals surface area contributed by atoms with Gasteiger partial charge in [-0.3, -0.25) is 4.79 Å². The molecule has 1 N–H and O–H groups in total. The summed E-state index contributed by atoms with van der Waals surface area (Å²) >= 11 is 5.50. The summed E-state index contributed by atoms with van der Waals surface area (Å²) in [5, 5.41) is 3.62. The number of thioether (sulfide) groups is 2. The third kappa shape index (κ3) is 3.64. The monoisotopic (exact) mass is 477 g/mol. The molecule has 0 saturated carbocycles. The van der Waals surface area contributed by atoms with Gasteiger partial charge in [0, 0.05) is 33.9 Å². The Morgan fingerprint density at radius 2 is 1.90 bits per heavy atom. The summed E-state index contributed by atoms with van der Waals surface area (Å²) in [7, 11) is 0. The van der Waals surface area contributed by atoms with E-state index in [0.29, 0.717) is 22.9 Å². The molecule has 8 heteroatoms. The molecule has 0 atom stereocenters. The number of nitrogens with one attached hydrogen (secondary N) is 1. The van der Waals surface area contributed by atoms with Crippen molar-refractivity contribution in [1.29, 1.82) is 0 Å². The number of fused-ring (bicyclic) bond motifs is 3. The van der Waals surface area contributed by atoms with Crippen LogP contribution in [0.15, 0.2) is 4.42 Å². The average Bonchev–Trinajstić information content (AvgIpc) is 3.45. The zero-order valence-electron chi connectivity index (χ0n) is 17.9. The van der Waals surface area contributed by atoms with E-state index in [1.807, 2.05) is 30.4 Å². The van der Waals surface area contributed by atoms with Crippen molar-refractivity contribution < 1.29 is 18.7 Å². The molecular weight excluding hydrogens is 450 g/mol. The largest absolute Gasteiger partial charge is 0.462 e. The van der Waals surface area contributed by atoms with E-state index in [-0.39, 0.29) is 16.0 Å². The van der Waals surface area contributed by atoms with Crippen molar-refractivity contribution >= 4 is 51.7 Å². The van der Waals surface area contributed by atoms with Crippen LogP contribution in [-0.2, 0) is 28.1 Å². The molecule has 1 amide bonds. The van der Waals surface area contributed by atoms with Crippen LogP contribution in [0.25, 0.3) is 0 Å². The molecule has 166 valence electrons. The van der Waals surface area contributed by atoms with Gasteiger partial charge in [0.1, 0.15) is 10.8 Å². The molecule has 2 aliphatic carbocycles. The molecule has 0 unspecified atom stereocenters. The van der Waals surface area contributed by atoms with Crippen LogP contribution in [0.4, 0.5) is 5.00 Å². The number of hydrogen-bond acceptors (Lipinski definition) is 7. The van der Waals surface area contributed by atoms with Gasteiger partial charge >= 0.3 is 5.97 Å². The van der Waals surface area contributed by atoms with Gasteiger partial charge < -0.3 is 14.5 Å². The summed E-state index contributed by atoms with van der Waals surface area (Å²) in [5.74, 6) is 3.02. The van der Waals surface area contributed by atoms with Crippen LogP contribution in [0.2, 0.25) is 0 Å². The molecule has 31 heavy (non-hydrogen) atoms. The Morgan fingerprint density at radius 3 is 2.68 bits per heavy atom. The molecule has 2 aromatic heterocycles. The Labute approximate surface area is 195 Å². The van der Waals surface area contributed by atoms with Crippen LogP contribution in [0.5, 0.6) is 0 Å². The van der Waals surface area contributed by atoms with Crippen molar-refractivity contribution in [3.63, 3.8) is 0 Å². The van der Waals surface area contributed by atoms with Crippen LogP contribution >= 0.6 is 34.9 Å². The topological polar surface area (TPSA) is 68.5 Å². The highest BCUT2D eigenvalue weighted by molar-refractivity contribution is 8.20. The zero-order valence-corrected chi connectivity index (χ0v) is 20.4. The summed E-state index contributed by atoms with van der Waals surface area (Å²) in [5.41, 5.74) is 3.78. The first-order valence-electron chi connectivity index (χ1n) is 11.1. The van der Waals surface area contributed by atoms with Crippen LogP contribution < -0.4 is 5.32 Å². The van der Waals surface area contributed by atoms with Gasteiger partial charge in [-0.2, -0.15) is 0 Å². The molecule has 1 spiro atoms. The number of amides is 1. The third-order valence-electron chi connectivity index (χ3n) is 6.35. The Kier molecular flexibility index (Phi) is 5.90. The van der Waals surface area contributed by atoms with Gasteiger partial charge in [-0.05, 0) is 57.9 Å². The van der Waals surface area contributed by atoms with Gasteiger partial charge in [-0.25, -0.2) is 4.79 Å². The highest BCUT2D eigenvalue weighted by atomic mass is 32.2. The van der Waals surface area contributed by atoms with Crippen molar-refractivity contribution in [1.82, 2.24) is 0 Å². The summed E-state index contributed by atoms with van der Waals surface area (Å²) < 4.78 is 11.5.